The Labute approximate surface area is 180 Å². The third-order valence-electron chi connectivity index (χ3n) is 5.47. The van der Waals surface area contributed by atoms with Gasteiger partial charge in [-0.2, -0.15) is 4.31 Å². The normalized spacial score (nSPS) is 15.0. The van der Waals surface area contributed by atoms with Gasteiger partial charge in [0.2, 0.25) is 10.0 Å². The van der Waals surface area contributed by atoms with Crippen molar-refractivity contribution in [2.45, 2.75) is 24.1 Å². The van der Waals surface area contributed by atoms with E-state index in [2.05, 4.69) is 9.97 Å². The van der Waals surface area contributed by atoms with E-state index in [1.807, 2.05) is 34.9 Å². The maximum atomic E-state index is 13.2. The van der Waals surface area contributed by atoms with E-state index in [1.54, 1.807) is 55.2 Å². The molecule has 7 nitrogen and oxygen atoms in total. The third kappa shape index (κ3) is 3.65. The van der Waals surface area contributed by atoms with E-state index >= 15 is 0 Å². The first-order chi connectivity index (χ1) is 15.0. The molecule has 2 aromatic heterocycles. The van der Waals surface area contributed by atoms with Crippen molar-refractivity contribution in [2.24, 2.45) is 0 Å². The highest BCUT2D eigenvalue weighted by molar-refractivity contribution is 7.89. The Morgan fingerprint density at radius 3 is 2.42 bits per heavy atom. The van der Waals surface area contributed by atoms with Crippen molar-refractivity contribution in [2.75, 3.05) is 0 Å². The van der Waals surface area contributed by atoms with Gasteiger partial charge in [-0.25, -0.2) is 13.4 Å². The van der Waals surface area contributed by atoms with Gasteiger partial charge in [0.25, 0.3) is 0 Å². The van der Waals surface area contributed by atoms with Crippen molar-refractivity contribution in [1.82, 2.24) is 18.8 Å². The summed E-state index contributed by atoms with van der Waals surface area (Å²) >= 11 is 0. The standard InChI is InChI=1S/C23H20N4O3S/c28-23(17-4-2-1-3-5-17)22-12-18-14-27(15-19(18)13-25-22)31(29,30)21-8-6-20(7-9-21)26-11-10-24-16-26/h1-13,16,23,28H,14-15H2. The van der Waals surface area contributed by atoms with Crippen LogP contribution in [0.5, 0.6) is 0 Å². The number of hydrogen-bond acceptors (Lipinski definition) is 5. The van der Waals surface area contributed by atoms with E-state index in [-0.39, 0.29) is 18.0 Å². The van der Waals surface area contributed by atoms with E-state index < -0.39 is 16.1 Å². The average molecular weight is 433 g/mol. The fourth-order valence-corrected chi connectivity index (χ4v) is 5.14. The molecule has 1 aliphatic heterocycles. The number of aliphatic hydroxyl groups excluding tert-OH is 1. The lowest BCUT2D eigenvalue weighted by molar-refractivity contribution is 0.215. The third-order valence-corrected chi connectivity index (χ3v) is 7.28. The second-order valence-corrected chi connectivity index (χ2v) is 9.37. The first kappa shape index (κ1) is 19.6. The Kier molecular flexibility index (Phi) is 4.90. The predicted molar refractivity (Wildman–Crippen MR) is 115 cm³/mol. The number of fused-ring (bicyclic) bond motifs is 1. The Morgan fingerprint density at radius 1 is 0.968 bits per heavy atom. The lowest BCUT2D eigenvalue weighted by atomic mass is 10.0. The van der Waals surface area contributed by atoms with Crippen LogP contribution < -0.4 is 0 Å². The quantitative estimate of drug-likeness (QED) is 0.524. The van der Waals surface area contributed by atoms with Crippen molar-refractivity contribution >= 4 is 10.0 Å². The summed E-state index contributed by atoms with van der Waals surface area (Å²) in [5.74, 6) is 0. The van der Waals surface area contributed by atoms with Crippen LogP contribution in [0.3, 0.4) is 0 Å². The van der Waals surface area contributed by atoms with Gasteiger partial charge in [0.05, 0.1) is 16.9 Å². The van der Waals surface area contributed by atoms with Gasteiger partial charge in [0, 0.05) is 37.4 Å². The molecule has 1 unspecified atom stereocenters. The van der Waals surface area contributed by atoms with Crippen LogP contribution in [0.4, 0.5) is 0 Å². The summed E-state index contributed by atoms with van der Waals surface area (Å²) in [6.45, 7) is 0.508. The van der Waals surface area contributed by atoms with Gasteiger partial charge >= 0.3 is 0 Å². The Morgan fingerprint density at radius 2 is 1.71 bits per heavy atom. The lowest BCUT2D eigenvalue weighted by Crippen LogP contribution is -2.25. The summed E-state index contributed by atoms with van der Waals surface area (Å²) in [6, 6.07) is 17.8. The van der Waals surface area contributed by atoms with Gasteiger partial charge in [-0.3, -0.25) is 4.98 Å². The summed E-state index contributed by atoms with van der Waals surface area (Å²) in [5.41, 5.74) is 3.80. The smallest absolute Gasteiger partial charge is 0.243 e. The maximum absolute atomic E-state index is 13.2. The van der Waals surface area contributed by atoms with Crippen molar-refractivity contribution in [3.63, 3.8) is 0 Å². The molecule has 31 heavy (non-hydrogen) atoms. The van der Waals surface area contributed by atoms with Gasteiger partial charge in [-0.1, -0.05) is 30.3 Å². The van der Waals surface area contributed by atoms with E-state index in [4.69, 9.17) is 0 Å². The number of imidazole rings is 1. The molecule has 0 aliphatic carbocycles. The van der Waals surface area contributed by atoms with Gasteiger partial charge in [0.1, 0.15) is 6.10 Å². The number of pyridine rings is 1. The summed E-state index contributed by atoms with van der Waals surface area (Å²) in [6.07, 6.45) is 5.94. The van der Waals surface area contributed by atoms with E-state index in [0.717, 1.165) is 22.4 Å². The molecule has 0 saturated carbocycles. The molecule has 1 atom stereocenters. The molecule has 0 saturated heterocycles. The van der Waals surface area contributed by atoms with Crippen LogP contribution in [0.15, 0.2) is 90.5 Å². The van der Waals surface area contributed by atoms with Crippen LogP contribution in [0.2, 0.25) is 0 Å². The molecule has 3 heterocycles. The number of nitrogens with zero attached hydrogens (tertiary/aromatic N) is 4. The molecule has 4 aromatic rings. The van der Waals surface area contributed by atoms with Crippen LogP contribution in [0.1, 0.15) is 28.5 Å². The molecule has 156 valence electrons. The number of aliphatic hydroxyl groups is 1. The molecule has 1 N–H and O–H groups in total. The number of rotatable bonds is 5. The highest BCUT2D eigenvalue weighted by Crippen LogP contribution is 2.31. The molecular weight excluding hydrogens is 412 g/mol. The highest BCUT2D eigenvalue weighted by Gasteiger charge is 2.31. The fourth-order valence-electron chi connectivity index (χ4n) is 3.75. The number of aromatic nitrogens is 3. The van der Waals surface area contributed by atoms with Crippen molar-refractivity contribution in [3.05, 3.63) is 108 Å². The zero-order valence-corrected chi connectivity index (χ0v) is 17.4. The summed E-state index contributed by atoms with van der Waals surface area (Å²) in [4.78, 5) is 8.62. The average Bonchev–Trinajstić information content (AvgIpc) is 3.49. The Hall–Kier alpha value is -3.33. The topological polar surface area (TPSA) is 88.3 Å². The minimum atomic E-state index is -3.66. The van der Waals surface area contributed by atoms with Crippen LogP contribution in [-0.4, -0.2) is 32.4 Å². The van der Waals surface area contributed by atoms with Crippen LogP contribution in [0.25, 0.3) is 5.69 Å². The van der Waals surface area contributed by atoms with E-state index in [9.17, 15) is 13.5 Å². The Bertz CT molecular complexity index is 1300. The van der Waals surface area contributed by atoms with E-state index in [1.165, 1.54) is 4.31 Å². The Balaban J connectivity index is 1.37. The van der Waals surface area contributed by atoms with Gasteiger partial charge in [0.15, 0.2) is 0 Å². The first-order valence-electron chi connectivity index (χ1n) is 9.81. The predicted octanol–water partition coefficient (Wildman–Crippen LogP) is 3.05. The zero-order chi connectivity index (χ0) is 21.4. The highest BCUT2D eigenvalue weighted by atomic mass is 32.2. The minimum Gasteiger partial charge on any atom is -0.382 e. The summed E-state index contributed by atoms with van der Waals surface area (Å²) in [7, 11) is -3.66. The first-order valence-corrected chi connectivity index (χ1v) is 11.3. The number of sulfonamides is 1. The maximum Gasteiger partial charge on any atom is 0.243 e. The largest absolute Gasteiger partial charge is 0.382 e. The van der Waals surface area contributed by atoms with Crippen LogP contribution in [-0.2, 0) is 23.1 Å². The minimum absolute atomic E-state index is 0.238. The summed E-state index contributed by atoms with van der Waals surface area (Å²) < 4.78 is 29.6. The van der Waals surface area contributed by atoms with Crippen molar-refractivity contribution in [1.29, 1.82) is 0 Å². The van der Waals surface area contributed by atoms with Crippen molar-refractivity contribution < 1.29 is 13.5 Å². The lowest BCUT2D eigenvalue weighted by Gasteiger charge is -2.16. The van der Waals surface area contributed by atoms with E-state index in [0.29, 0.717) is 5.69 Å². The zero-order valence-electron chi connectivity index (χ0n) is 16.5. The molecule has 0 amide bonds. The van der Waals surface area contributed by atoms with Gasteiger partial charge in [-0.15, -0.1) is 0 Å². The molecular formula is C23H20N4O3S. The SMILES string of the molecule is O=S(=O)(c1ccc(-n2ccnc2)cc1)N1Cc2cnc(C(O)c3ccccc3)cc2C1. The van der Waals surface area contributed by atoms with Gasteiger partial charge in [-0.05, 0) is 47.0 Å². The molecule has 0 fully saturated rings. The molecule has 5 rings (SSSR count). The number of hydrogen-bond donors (Lipinski definition) is 1. The summed E-state index contributed by atoms with van der Waals surface area (Å²) in [5, 5.41) is 10.6. The number of benzene rings is 2. The molecule has 1 aliphatic rings. The molecule has 2 aromatic carbocycles. The molecule has 8 heteroatoms. The van der Waals surface area contributed by atoms with Gasteiger partial charge < -0.3 is 9.67 Å². The fraction of sp³-hybridized carbons (Fsp3) is 0.130. The molecule has 0 spiro atoms. The monoisotopic (exact) mass is 432 g/mol. The van der Waals surface area contributed by atoms with Crippen LogP contribution >= 0.6 is 0 Å². The second kappa shape index (κ2) is 7.73. The van der Waals surface area contributed by atoms with Crippen LogP contribution in [0, 0.1) is 0 Å². The van der Waals surface area contributed by atoms with Crippen molar-refractivity contribution in [3.8, 4) is 5.69 Å². The second-order valence-electron chi connectivity index (χ2n) is 7.43. The molecule has 0 radical (unpaired) electrons. The molecule has 0 bridgehead atoms.